The van der Waals surface area contributed by atoms with Gasteiger partial charge in [-0.05, 0) is 49.4 Å². The van der Waals surface area contributed by atoms with Gasteiger partial charge in [0.1, 0.15) is 12.3 Å². The molecule has 0 unspecified atom stereocenters. The SMILES string of the molecule is COc1ccc(Cl)cc1NC(=O)CC[C@H]1CCCN(C(=O)Cn2cccn2)C1. The maximum atomic E-state index is 12.5. The molecule has 1 aliphatic heterocycles. The maximum absolute atomic E-state index is 12.5. The molecule has 1 aromatic carbocycles. The van der Waals surface area contributed by atoms with Gasteiger partial charge in [0.2, 0.25) is 11.8 Å². The van der Waals surface area contributed by atoms with E-state index in [1.807, 2.05) is 4.90 Å². The Morgan fingerprint density at radius 1 is 1.39 bits per heavy atom. The second kappa shape index (κ2) is 9.59. The number of nitrogens with zero attached hydrogens (tertiary/aromatic N) is 3. The zero-order chi connectivity index (χ0) is 19.9. The molecular formula is C20H25ClN4O3. The van der Waals surface area contributed by atoms with Gasteiger partial charge in [-0.15, -0.1) is 0 Å². The van der Waals surface area contributed by atoms with E-state index in [0.717, 1.165) is 25.8 Å². The Morgan fingerprint density at radius 3 is 3.00 bits per heavy atom. The van der Waals surface area contributed by atoms with Crippen molar-refractivity contribution in [1.82, 2.24) is 14.7 Å². The highest BCUT2D eigenvalue weighted by molar-refractivity contribution is 6.31. The van der Waals surface area contributed by atoms with E-state index in [0.29, 0.717) is 35.3 Å². The average Bonchev–Trinajstić information content (AvgIpc) is 3.20. The van der Waals surface area contributed by atoms with E-state index in [1.54, 1.807) is 48.5 Å². The van der Waals surface area contributed by atoms with E-state index in [4.69, 9.17) is 16.3 Å². The van der Waals surface area contributed by atoms with Crippen LogP contribution in [0.1, 0.15) is 25.7 Å². The lowest BCUT2D eigenvalue weighted by Gasteiger charge is -2.32. The number of ether oxygens (including phenoxy) is 1. The molecule has 0 saturated carbocycles. The van der Waals surface area contributed by atoms with E-state index >= 15 is 0 Å². The van der Waals surface area contributed by atoms with Crippen molar-refractivity contribution in [3.05, 3.63) is 41.7 Å². The Balaban J connectivity index is 1.48. The maximum Gasteiger partial charge on any atom is 0.244 e. The molecule has 1 aliphatic rings. The monoisotopic (exact) mass is 404 g/mol. The lowest BCUT2D eigenvalue weighted by Crippen LogP contribution is -2.41. The number of nitrogens with one attached hydrogen (secondary N) is 1. The fraction of sp³-hybridized carbons (Fsp3) is 0.450. The fourth-order valence-corrected chi connectivity index (χ4v) is 3.66. The summed E-state index contributed by atoms with van der Waals surface area (Å²) in [5, 5.41) is 7.49. The smallest absolute Gasteiger partial charge is 0.244 e. The molecule has 1 fully saturated rings. The summed E-state index contributed by atoms with van der Waals surface area (Å²) in [5.41, 5.74) is 0.569. The minimum absolute atomic E-state index is 0.0708. The van der Waals surface area contributed by atoms with E-state index in [2.05, 4.69) is 10.4 Å². The summed E-state index contributed by atoms with van der Waals surface area (Å²) in [6.07, 6.45) is 6.56. The number of anilines is 1. The zero-order valence-electron chi connectivity index (χ0n) is 15.9. The first-order chi connectivity index (χ1) is 13.5. The lowest BCUT2D eigenvalue weighted by molar-refractivity contribution is -0.133. The van der Waals surface area contributed by atoms with Crippen molar-refractivity contribution in [3.63, 3.8) is 0 Å². The summed E-state index contributed by atoms with van der Waals surface area (Å²) in [4.78, 5) is 26.7. The van der Waals surface area contributed by atoms with Crippen molar-refractivity contribution in [2.75, 3.05) is 25.5 Å². The Labute approximate surface area is 169 Å². The highest BCUT2D eigenvalue weighted by Crippen LogP contribution is 2.28. The number of halogens is 1. The predicted octanol–water partition coefficient (Wildman–Crippen LogP) is 3.20. The average molecular weight is 405 g/mol. The van der Waals surface area contributed by atoms with Crippen LogP contribution in [-0.4, -0.2) is 46.7 Å². The molecule has 1 N–H and O–H groups in total. The van der Waals surface area contributed by atoms with E-state index in [1.165, 1.54) is 0 Å². The van der Waals surface area contributed by atoms with Gasteiger partial charge in [0.15, 0.2) is 0 Å². The Kier molecular flexibility index (Phi) is 6.92. The summed E-state index contributed by atoms with van der Waals surface area (Å²) < 4.78 is 6.89. The number of rotatable bonds is 7. The van der Waals surface area contributed by atoms with E-state index in [9.17, 15) is 9.59 Å². The predicted molar refractivity (Wildman–Crippen MR) is 107 cm³/mol. The second-order valence-corrected chi connectivity index (χ2v) is 7.42. The summed E-state index contributed by atoms with van der Waals surface area (Å²) in [6, 6.07) is 6.92. The number of methoxy groups -OCH3 is 1. The lowest BCUT2D eigenvalue weighted by atomic mass is 9.93. The molecule has 0 spiro atoms. The van der Waals surface area contributed by atoms with Crippen LogP contribution in [0.25, 0.3) is 0 Å². The molecule has 3 rings (SSSR count). The van der Waals surface area contributed by atoms with Crippen LogP contribution in [0.4, 0.5) is 5.69 Å². The summed E-state index contributed by atoms with van der Waals surface area (Å²) >= 11 is 6.00. The molecule has 150 valence electrons. The van der Waals surface area contributed by atoms with Gasteiger partial charge in [-0.1, -0.05) is 11.6 Å². The van der Waals surface area contributed by atoms with Gasteiger partial charge in [-0.2, -0.15) is 5.10 Å². The molecule has 1 atom stereocenters. The third-order valence-corrected chi connectivity index (χ3v) is 5.18. The molecule has 0 aliphatic carbocycles. The Hall–Kier alpha value is -2.54. The van der Waals surface area contributed by atoms with Crippen LogP contribution in [0.3, 0.4) is 0 Å². The second-order valence-electron chi connectivity index (χ2n) is 6.98. The quantitative estimate of drug-likeness (QED) is 0.768. The highest BCUT2D eigenvalue weighted by atomic mass is 35.5. The third kappa shape index (κ3) is 5.48. The first-order valence-corrected chi connectivity index (χ1v) is 9.81. The van der Waals surface area contributed by atoms with E-state index in [-0.39, 0.29) is 18.4 Å². The van der Waals surface area contributed by atoms with Crippen LogP contribution in [0.2, 0.25) is 5.02 Å². The third-order valence-electron chi connectivity index (χ3n) is 4.94. The fourth-order valence-electron chi connectivity index (χ4n) is 3.49. The van der Waals surface area contributed by atoms with Crippen LogP contribution in [0.15, 0.2) is 36.7 Å². The van der Waals surface area contributed by atoms with Crippen molar-refractivity contribution in [3.8, 4) is 5.75 Å². The molecule has 2 heterocycles. The van der Waals surface area contributed by atoms with Gasteiger partial charge >= 0.3 is 0 Å². The highest BCUT2D eigenvalue weighted by Gasteiger charge is 2.24. The van der Waals surface area contributed by atoms with Gasteiger partial charge in [-0.3, -0.25) is 14.3 Å². The van der Waals surface area contributed by atoms with Crippen LogP contribution < -0.4 is 10.1 Å². The molecule has 28 heavy (non-hydrogen) atoms. The van der Waals surface area contributed by atoms with Gasteiger partial charge < -0.3 is 15.0 Å². The number of amides is 2. The topological polar surface area (TPSA) is 76.5 Å². The number of hydrogen-bond acceptors (Lipinski definition) is 4. The standard InChI is InChI=1S/C20H25ClN4O3/c1-28-18-7-6-16(21)12-17(18)23-19(26)8-5-15-4-2-10-24(13-15)20(27)14-25-11-3-9-22-25/h3,6-7,9,11-12,15H,2,4-5,8,10,13-14H2,1H3,(H,23,26)/t15-/m1/s1. The number of piperidine rings is 1. The van der Waals surface area contributed by atoms with Crippen molar-refractivity contribution in [1.29, 1.82) is 0 Å². The molecule has 0 radical (unpaired) electrons. The normalized spacial score (nSPS) is 16.6. The minimum Gasteiger partial charge on any atom is -0.495 e. The number of carbonyl (C=O) groups excluding carboxylic acids is 2. The van der Waals surface area contributed by atoms with Gasteiger partial charge in [0.05, 0.1) is 12.8 Å². The minimum atomic E-state index is -0.0828. The zero-order valence-corrected chi connectivity index (χ0v) is 16.7. The molecule has 1 saturated heterocycles. The molecule has 2 amide bonds. The first kappa shape index (κ1) is 20.2. The first-order valence-electron chi connectivity index (χ1n) is 9.43. The number of benzene rings is 1. The van der Waals surface area contributed by atoms with E-state index < -0.39 is 0 Å². The summed E-state index contributed by atoms with van der Waals surface area (Å²) in [6.45, 7) is 1.71. The van der Waals surface area contributed by atoms with Crippen molar-refractivity contribution >= 4 is 29.1 Å². The van der Waals surface area contributed by atoms with Gasteiger partial charge in [0, 0.05) is 36.9 Å². The van der Waals surface area contributed by atoms with Crippen molar-refractivity contribution < 1.29 is 14.3 Å². The number of likely N-dealkylation sites (tertiary alicyclic amines) is 1. The molecular weight excluding hydrogens is 380 g/mol. The van der Waals surface area contributed by atoms with Gasteiger partial charge in [0.25, 0.3) is 0 Å². The Bertz CT molecular complexity index is 810. The molecule has 2 aromatic rings. The molecule has 0 bridgehead atoms. The van der Waals surface area contributed by atoms with Crippen LogP contribution in [0, 0.1) is 5.92 Å². The Morgan fingerprint density at radius 2 is 2.25 bits per heavy atom. The van der Waals surface area contributed by atoms with Crippen molar-refractivity contribution in [2.24, 2.45) is 5.92 Å². The largest absolute Gasteiger partial charge is 0.495 e. The summed E-state index contributed by atoms with van der Waals surface area (Å²) in [5.74, 6) is 0.884. The van der Waals surface area contributed by atoms with Crippen molar-refractivity contribution in [2.45, 2.75) is 32.2 Å². The summed E-state index contributed by atoms with van der Waals surface area (Å²) in [7, 11) is 1.55. The van der Waals surface area contributed by atoms with Crippen LogP contribution >= 0.6 is 11.6 Å². The molecule has 8 heteroatoms. The number of hydrogen-bond donors (Lipinski definition) is 1. The molecule has 1 aromatic heterocycles. The number of carbonyl (C=O) groups is 2. The molecule has 7 nitrogen and oxygen atoms in total. The number of aromatic nitrogens is 2. The van der Waals surface area contributed by atoms with Crippen LogP contribution in [0.5, 0.6) is 5.75 Å². The van der Waals surface area contributed by atoms with Crippen LogP contribution in [-0.2, 0) is 16.1 Å². The van der Waals surface area contributed by atoms with Gasteiger partial charge in [-0.25, -0.2) is 0 Å².